The highest BCUT2D eigenvalue weighted by Gasteiger charge is 2.45. The highest BCUT2D eigenvalue weighted by molar-refractivity contribution is 8.01. The van der Waals surface area contributed by atoms with Crippen molar-refractivity contribution in [1.82, 2.24) is 10.2 Å². The Labute approximate surface area is 252 Å². The Kier molecular flexibility index (Phi) is 8.24. The maximum Gasteiger partial charge on any atom is 0.234 e. The van der Waals surface area contributed by atoms with Crippen molar-refractivity contribution in [2.45, 2.75) is 36.9 Å². The van der Waals surface area contributed by atoms with Gasteiger partial charge in [-0.15, -0.1) is 10.2 Å². The lowest BCUT2D eigenvalue weighted by Gasteiger charge is -2.42. The van der Waals surface area contributed by atoms with E-state index in [1.54, 1.807) is 24.1 Å². The Morgan fingerprint density at radius 3 is 2.60 bits per heavy atom. The minimum absolute atomic E-state index is 0.0528. The molecule has 5 rings (SSSR count). The van der Waals surface area contributed by atoms with Crippen molar-refractivity contribution in [2.24, 2.45) is 11.1 Å². The number of ether oxygens (including phenoxy) is 2. The van der Waals surface area contributed by atoms with Crippen LogP contribution in [0, 0.1) is 16.7 Å². The van der Waals surface area contributed by atoms with E-state index in [0.717, 1.165) is 0 Å². The molecule has 3 N–H and O–H groups in total. The van der Waals surface area contributed by atoms with E-state index in [4.69, 9.17) is 15.2 Å². The minimum Gasteiger partial charge on any atom is -0.493 e. The van der Waals surface area contributed by atoms with Crippen molar-refractivity contribution in [3.8, 4) is 17.6 Å². The number of aromatic nitrogens is 2. The van der Waals surface area contributed by atoms with Crippen molar-refractivity contribution in [1.29, 1.82) is 5.26 Å². The summed E-state index contributed by atoms with van der Waals surface area (Å²) in [5, 5.41) is 22.3. The Hall–Kier alpha value is -4.34. The second kappa shape index (κ2) is 11.9. The number of nitrogens with one attached hydrogen (secondary N) is 1. The maximum atomic E-state index is 13.8. The van der Waals surface area contributed by atoms with Crippen LogP contribution in [0.25, 0.3) is 0 Å². The van der Waals surface area contributed by atoms with E-state index in [2.05, 4.69) is 21.6 Å². The van der Waals surface area contributed by atoms with Gasteiger partial charge < -0.3 is 20.5 Å². The summed E-state index contributed by atoms with van der Waals surface area (Å²) in [6.45, 7) is 4.06. The SMILES string of the molecule is COc1ccc(C2C(C#N)=C(N)N(c3nnc(SCC(=O)Nc4ccccc4)s3)C3=C2C(=O)CC(C)(C)C3)cc1OC. The third-order valence-corrected chi connectivity index (χ3v) is 9.14. The van der Waals surface area contributed by atoms with Crippen molar-refractivity contribution in [3.05, 3.63) is 76.8 Å². The molecule has 1 aliphatic carbocycles. The second-order valence-electron chi connectivity index (χ2n) is 10.6. The molecule has 12 heteroatoms. The summed E-state index contributed by atoms with van der Waals surface area (Å²) < 4.78 is 11.5. The zero-order valence-electron chi connectivity index (χ0n) is 23.6. The summed E-state index contributed by atoms with van der Waals surface area (Å²) >= 11 is 2.50. The Morgan fingerprint density at radius 1 is 1.17 bits per heavy atom. The molecule has 42 heavy (non-hydrogen) atoms. The molecule has 0 saturated heterocycles. The fraction of sp³-hybridized carbons (Fsp3) is 0.300. The minimum atomic E-state index is -0.673. The fourth-order valence-corrected chi connectivity index (χ4v) is 6.97. The van der Waals surface area contributed by atoms with E-state index in [0.29, 0.717) is 56.3 Å². The van der Waals surface area contributed by atoms with Crippen molar-refractivity contribution in [3.63, 3.8) is 0 Å². The Bertz CT molecular complexity index is 1640. The fourth-order valence-electron chi connectivity index (χ4n) is 5.29. The van der Waals surface area contributed by atoms with Crippen molar-refractivity contribution >= 4 is 45.6 Å². The van der Waals surface area contributed by atoms with E-state index >= 15 is 0 Å². The average molecular weight is 603 g/mol. The molecule has 0 saturated carbocycles. The zero-order chi connectivity index (χ0) is 30.0. The predicted molar refractivity (Wildman–Crippen MR) is 162 cm³/mol. The quantitative estimate of drug-likeness (QED) is 0.329. The molecule has 2 aromatic carbocycles. The number of amides is 1. The van der Waals surface area contributed by atoms with Gasteiger partial charge in [0.1, 0.15) is 5.82 Å². The molecule has 216 valence electrons. The van der Waals surface area contributed by atoms with Gasteiger partial charge in [0.25, 0.3) is 0 Å². The first-order chi connectivity index (χ1) is 20.2. The van der Waals surface area contributed by atoms with Crippen LogP contribution in [-0.4, -0.2) is 41.9 Å². The lowest BCUT2D eigenvalue weighted by atomic mass is 9.68. The summed E-state index contributed by atoms with van der Waals surface area (Å²) in [5.41, 5.74) is 9.25. The molecular weight excluding hydrogens is 573 g/mol. The van der Waals surface area contributed by atoms with Crippen LogP contribution in [-0.2, 0) is 9.59 Å². The smallest absolute Gasteiger partial charge is 0.234 e. The van der Waals surface area contributed by atoms with Crippen molar-refractivity contribution in [2.75, 3.05) is 30.2 Å². The van der Waals surface area contributed by atoms with E-state index < -0.39 is 5.92 Å². The summed E-state index contributed by atoms with van der Waals surface area (Å²) in [7, 11) is 3.08. The van der Waals surface area contributed by atoms with Gasteiger partial charge in [-0.05, 0) is 41.7 Å². The third kappa shape index (κ3) is 5.70. The van der Waals surface area contributed by atoms with Crippen LogP contribution in [0.2, 0.25) is 0 Å². The molecular formula is C30H30N6O4S2. The second-order valence-corrected chi connectivity index (χ2v) is 12.8. The number of rotatable bonds is 8. The summed E-state index contributed by atoms with van der Waals surface area (Å²) in [5.74, 6) is 0.456. The molecule has 3 aromatic rings. The standard InChI is InChI=1S/C30H30N6O4S2/c1-30(2)13-20-26(21(37)14-30)25(17-10-11-22(39-3)23(12-17)40-4)19(15-31)27(32)36(20)28-34-35-29(42-28)41-16-24(38)33-18-8-6-5-7-9-18/h5-12,25H,13-14,16,32H2,1-4H3,(H,33,38). The summed E-state index contributed by atoms with van der Waals surface area (Å²) in [6.07, 6.45) is 0.870. The maximum absolute atomic E-state index is 13.8. The van der Waals surface area contributed by atoms with Crippen LogP contribution in [0.4, 0.5) is 10.8 Å². The molecule has 2 heterocycles. The van der Waals surface area contributed by atoms with Crippen LogP contribution in [0.3, 0.4) is 0 Å². The highest BCUT2D eigenvalue weighted by atomic mass is 32.2. The summed E-state index contributed by atoms with van der Waals surface area (Å²) in [6, 6.07) is 16.8. The van der Waals surface area contributed by atoms with Crippen LogP contribution in [0.5, 0.6) is 11.5 Å². The topological polar surface area (TPSA) is 143 Å². The number of nitrogens with zero attached hydrogens (tertiary/aromatic N) is 4. The largest absolute Gasteiger partial charge is 0.493 e. The molecule has 1 aromatic heterocycles. The Balaban J connectivity index is 1.51. The van der Waals surface area contributed by atoms with Gasteiger partial charge in [0, 0.05) is 23.4 Å². The van der Waals surface area contributed by atoms with Gasteiger partial charge in [-0.25, -0.2) is 0 Å². The number of benzene rings is 2. The number of anilines is 2. The van der Waals surface area contributed by atoms with E-state index in [1.165, 1.54) is 30.2 Å². The number of Topliss-reactive ketones (excluding diaryl/α,β-unsaturated/α-hetero) is 1. The number of ketones is 1. The van der Waals surface area contributed by atoms with Gasteiger partial charge in [-0.2, -0.15) is 5.26 Å². The van der Waals surface area contributed by atoms with Gasteiger partial charge in [-0.1, -0.05) is 61.2 Å². The normalized spacial score (nSPS) is 17.9. The van der Waals surface area contributed by atoms with Crippen LogP contribution in [0.15, 0.2) is 75.5 Å². The molecule has 0 spiro atoms. The molecule has 1 unspecified atom stereocenters. The number of carbonyl (C=O) groups is 2. The molecule has 10 nitrogen and oxygen atoms in total. The van der Waals surface area contributed by atoms with Gasteiger partial charge in [-0.3, -0.25) is 14.5 Å². The number of hydrogen-bond acceptors (Lipinski definition) is 11. The number of nitrogens with two attached hydrogens (primary N) is 1. The van der Waals surface area contributed by atoms with Gasteiger partial charge in [0.15, 0.2) is 21.6 Å². The first-order valence-corrected chi connectivity index (χ1v) is 14.9. The lowest BCUT2D eigenvalue weighted by Crippen LogP contribution is -2.42. The van der Waals surface area contributed by atoms with Crippen LogP contribution < -0.4 is 25.4 Å². The van der Waals surface area contributed by atoms with E-state index in [9.17, 15) is 14.9 Å². The first kappa shape index (κ1) is 29.2. The molecule has 0 radical (unpaired) electrons. The number of carbonyl (C=O) groups excluding carboxylic acids is 2. The molecule has 0 fully saturated rings. The molecule has 1 atom stereocenters. The summed E-state index contributed by atoms with van der Waals surface area (Å²) in [4.78, 5) is 27.9. The highest BCUT2D eigenvalue weighted by Crippen LogP contribution is 2.51. The molecule has 0 bridgehead atoms. The van der Waals surface area contributed by atoms with Gasteiger partial charge in [0.2, 0.25) is 11.0 Å². The van der Waals surface area contributed by atoms with E-state index in [-0.39, 0.29) is 34.3 Å². The number of methoxy groups -OCH3 is 2. The zero-order valence-corrected chi connectivity index (χ0v) is 25.3. The first-order valence-electron chi connectivity index (χ1n) is 13.1. The molecule has 1 aliphatic heterocycles. The number of hydrogen-bond donors (Lipinski definition) is 2. The van der Waals surface area contributed by atoms with Gasteiger partial charge in [0.05, 0.1) is 37.5 Å². The average Bonchev–Trinajstić information content (AvgIpc) is 3.43. The van der Waals surface area contributed by atoms with E-state index in [1.807, 2.05) is 50.2 Å². The Morgan fingerprint density at radius 2 is 1.90 bits per heavy atom. The number of nitriles is 1. The number of allylic oxidation sites excluding steroid dienone is 3. The van der Waals surface area contributed by atoms with Crippen LogP contribution in [0.1, 0.15) is 38.2 Å². The molecule has 2 aliphatic rings. The van der Waals surface area contributed by atoms with Crippen molar-refractivity contribution < 1.29 is 19.1 Å². The number of para-hydroxylation sites is 1. The van der Waals surface area contributed by atoms with Crippen LogP contribution >= 0.6 is 23.1 Å². The predicted octanol–water partition coefficient (Wildman–Crippen LogP) is 5.23. The third-order valence-electron chi connectivity index (χ3n) is 7.09. The lowest BCUT2D eigenvalue weighted by molar-refractivity contribution is -0.118. The monoisotopic (exact) mass is 602 g/mol. The molecule has 1 amide bonds. The number of thioether (sulfide) groups is 1. The van der Waals surface area contributed by atoms with Gasteiger partial charge >= 0.3 is 0 Å².